The number of hydrogen-bond donors (Lipinski definition) is 0. The predicted octanol–water partition coefficient (Wildman–Crippen LogP) is 2.94. The summed E-state index contributed by atoms with van der Waals surface area (Å²) < 4.78 is 5.04. The first kappa shape index (κ1) is 13.7. The monoisotopic (exact) mass is 277 g/mol. The first-order valence-electron chi connectivity index (χ1n) is 6.01. The molecule has 1 aliphatic rings. The van der Waals surface area contributed by atoms with Crippen LogP contribution in [0.1, 0.15) is 20.8 Å². The van der Waals surface area contributed by atoms with Gasteiger partial charge in [0.05, 0.1) is 12.3 Å². The van der Waals surface area contributed by atoms with Crippen LogP contribution in [0.4, 0.5) is 5.69 Å². The molecule has 0 N–H and O–H groups in total. The third kappa shape index (κ3) is 2.51. The Kier molecular flexibility index (Phi) is 3.95. The number of nitrogens with zero attached hydrogens (tertiary/aromatic N) is 1. The minimum absolute atomic E-state index is 0.118. The molecule has 2 rings (SSSR count). The van der Waals surface area contributed by atoms with Gasteiger partial charge in [0.15, 0.2) is 0 Å². The van der Waals surface area contributed by atoms with Gasteiger partial charge in [-0.05, 0) is 26.0 Å². The number of thioether (sulfide) groups is 1. The molecule has 1 amide bonds. The van der Waals surface area contributed by atoms with Crippen molar-refractivity contribution in [3.8, 4) is 0 Å². The third-order valence-corrected chi connectivity index (χ3v) is 3.99. The molecule has 1 heterocycles. The van der Waals surface area contributed by atoms with E-state index in [1.807, 2.05) is 24.3 Å². The molecule has 4 nitrogen and oxygen atoms in total. The summed E-state index contributed by atoms with van der Waals surface area (Å²) in [4.78, 5) is 26.7. The average molecular weight is 277 g/mol. The lowest BCUT2D eigenvalue weighted by Gasteiger charge is -2.30. The average Bonchev–Trinajstić information content (AvgIpc) is 2.37. The molecule has 0 fully saturated rings. The molecular weight excluding hydrogens is 262 g/mol. The first-order chi connectivity index (χ1) is 9.06. The lowest BCUT2D eigenvalue weighted by molar-refractivity contribution is -0.137. The van der Waals surface area contributed by atoms with Gasteiger partial charge in [-0.25, -0.2) is 4.79 Å². The van der Waals surface area contributed by atoms with E-state index >= 15 is 0 Å². The fourth-order valence-electron chi connectivity index (χ4n) is 1.99. The van der Waals surface area contributed by atoms with E-state index in [9.17, 15) is 9.59 Å². The molecule has 1 aliphatic heterocycles. The number of anilines is 1. The predicted molar refractivity (Wildman–Crippen MR) is 74.8 cm³/mol. The van der Waals surface area contributed by atoms with E-state index in [0.29, 0.717) is 17.2 Å². The summed E-state index contributed by atoms with van der Waals surface area (Å²) in [7, 11) is 0. The van der Waals surface area contributed by atoms with Gasteiger partial charge in [-0.3, -0.25) is 9.69 Å². The van der Waals surface area contributed by atoms with Crippen LogP contribution in [-0.4, -0.2) is 18.5 Å². The number of rotatable bonds is 2. The van der Waals surface area contributed by atoms with Crippen molar-refractivity contribution in [2.45, 2.75) is 25.7 Å². The van der Waals surface area contributed by atoms with E-state index in [-0.39, 0.29) is 11.9 Å². The molecule has 100 valence electrons. The number of esters is 1. The molecule has 0 saturated carbocycles. The lowest BCUT2D eigenvalue weighted by Crippen LogP contribution is -2.31. The number of carbonyl (C=O) groups is 2. The zero-order valence-corrected chi connectivity index (χ0v) is 11.9. The smallest absolute Gasteiger partial charge is 0.346 e. The summed E-state index contributed by atoms with van der Waals surface area (Å²) in [6.07, 6.45) is 0. The van der Waals surface area contributed by atoms with Crippen LogP contribution in [0.3, 0.4) is 0 Å². The minimum atomic E-state index is -0.384. The maximum Gasteiger partial charge on any atom is 0.346 e. The van der Waals surface area contributed by atoms with Crippen molar-refractivity contribution in [3.63, 3.8) is 0 Å². The molecule has 0 radical (unpaired) electrons. The van der Waals surface area contributed by atoms with Crippen molar-refractivity contribution in [2.75, 3.05) is 11.5 Å². The van der Waals surface area contributed by atoms with E-state index in [4.69, 9.17) is 4.74 Å². The summed E-state index contributed by atoms with van der Waals surface area (Å²) in [6.45, 7) is 5.32. The fraction of sp³-hybridized carbons (Fsp3) is 0.286. The van der Waals surface area contributed by atoms with Crippen molar-refractivity contribution in [3.05, 3.63) is 34.9 Å². The molecular formula is C14H15NO3S. The van der Waals surface area contributed by atoms with Crippen molar-refractivity contribution in [1.29, 1.82) is 0 Å². The Balaban J connectivity index is 2.50. The Hall–Kier alpha value is -1.75. The Morgan fingerprint density at radius 2 is 2.00 bits per heavy atom. The van der Waals surface area contributed by atoms with Crippen LogP contribution in [0.25, 0.3) is 0 Å². The number of allylic oxidation sites excluding steroid dienone is 1. The number of ether oxygens (including phenoxy) is 1. The van der Waals surface area contributed by atoms with Crippen molar-refractivity contribution < 1.29 is 14.3 Å². The molecule has 0 atom stereocenters. The molecule has 0 unspecified atom stereocenters. The summed E-state index contributed by atoms with van der Waals surface area (Å²) >= 11 is 1.35. The van der Waals surface area contributed by atoms with Crippen LogP contribution < -0.4 is 4.90 Å². The van der Waals surface area contributed by atoms with Gasteiger partial charge in [0.25, 0.3) is 0 Å². The highest BCUT2D eigenvalue weighted by atomic mass is 32.2. The van der Waals surface area contributed by atoms with E-state index in [0.717, 1.165) is 10.6 Å². The van der Waals surface area contributed by atoms with Crippen LogP contribution in [0.5, 0.6) is 0 Å². The second kappa shape index (κ2) is 5.48. The molecule has 0 bridgehead atoms. The fourth-order valence-corrected chi connectivity index (χ4v) is 3.00. The second-order valence-electron chi connectivity index (χ2n) is 4.06. The van der Waals surface area contributed by atoms with E-state index < -0.39 is 0 Å². The quantitative estimate of drug-likeness (QED) is 0.780. The van der Waals surface area contributed by atoms with Crippen LogP contribution >= 0.6 is 11.8 Å². The van der Waals surface area contributed by atoms with E-state index in [1.165, 1.54) is 18.7 Å². The first-order valence-corrected chi connectivity index (χ1v) is 6.83. The summed E-state index contributed by atoms with van der Waals surface area (Å²) in [5.74, 6) is -0.502. The highest BCUT2D eigenvalue weighted by Crippen LogP contribution is 2.43. The van der Waals surface area contributed by atoms with Crippen LogP contribution in [0.2, 0.25) is 0 Å². The zero-order chi connectivity index (χ0) is 14.0. The molecule has 19 heavy (non-hydrogen) atoms. The summed E-state index contributed by atoms with van der Waals surface area (Å²) in [5.41, 5.74) is 1.43. The van der Waals surface area contributed by atoms with Crippen LogP contribution in [0, 0.1) is 0 Å². The standard InChI is InChI=1S/C14H15NO3S/c1-4-18-14(17)13-9(2)15(10(3)16)11-7-5-6-8-12(11)19-13/h5-8H,4H2,1-3H3. The van der Waals surface area contributed by atoms with Gasteiger partial charge < -0.3 is 4.74 Å². The maximum atomic E-state index is 11.9. The SMILES string of the molecule is CCOC(=O)C1=C(C)N(C(C)=O)c2ccccc2S1. The Bertz CT molecular complexity index is 566. The largest absolute Gasteiger partial charge is 0.462 e. The van der Waals surface area contributed by atoms with Gasteiger partial charge in [0.1, 0.15) is 4.91 Å². The number of carbonyl (C=O) groups excluding carboxylic acids is 2. The Labute approximate surface area is 116 Å². The van der Waals surface area contributed by atoms with Crippen LogP contribution in [0.15, 0.2) is 39.8 Å². The van der Waals surface area contributed by atoms with Gasteiger partial charge in [-0.2, -0.15) is 0 Å². The van der Waals surface area contributed by atoms with Gasteiger partial charge in [-0.1, -0.05) is 23.9 Å². The zero-order valence-electron chi connectivity index (χ0n) is 11.1. The van der Waals surface area contributed by atoms with Crippen molar-refractivity contribution in [2.24, 2.45) is 0 Å². The number of para-hydroxylation sites is 1. The number of amides is 1. The van der Waals surface area contributed by atoms with Gasteiger partial charge in [0.2, 0.25) is 5.91 Å². The highest BCUT2D eigenvalue weighted by Gasteiger charge is 2.29. The van der Waals surface area contributed by atoms with Crippen molar-refractivity contribution >= 4 is 29.3 Å². The number of hydrogen-bond acceptors (Lipinski definition) is 4. The molecule has 1 aromatic carbocycles. The Morgan fingerprint density at radius 3 is 2.63 bits per heavy atom. The normalized spacial score (nSPS) is 14.2. The highest BCUT2D eigenvalue weighted by molar-refractivity contribution is 8.04. The molecule has 5 heteroatoms. The number of fused-ring (bicyclic) bond motifs is 1. The molecule has 0 spiro atoms. The third-order valence-electron chi connectivity index (χ3n) is 2.76. The van der Waals surface area contributed by atoms with Crippen molar-refractivity contribution in [1.82, 2.24) is 0 Å². The number of benzene rings is 1. The maximum absolute atomic E-state index is 11.9. The van der Waals surface area contributed by atoms with Crippen LogP contribution in [-0.2, 0) is 14.3 Å². The Morgan fingerprint density at radius 1 is 1.32 bits per heavy atom. The van der Waals surface area contributed by atoms with E-state index in [2.05, 4.69) is 0 Å². The second-order valence-corrected chi connectivity index (χ2v) is 5.11. The van der Waals surface area contributed by atoms with Gasteiger partial charge in [0, 0.05) is 17.5 Å². The van der Waals surface area contributed by atoms with E-state index in [1.54, 1.807) is 18.7 Å². The van der Waals surface area contributed by atoms with Gasteiger partial charge in [-0.15, -0.1) is 0 Å². The lowest BCUT2D eigenvalue weighted by atomic mass is 10.2. The molecule has 0 aromatic heterocycles. The molecule has 0 saturated heterocycles. The molecule has 0 aliphatic carbocycles. The summed E-state index contributed by atoms with van der Waals surface area (Å²) in [6, 6.07) is 7.52. The minimum Gasteiger partial charge on any atom is -0.462 e. The summed E-state index contributed by atoms with van der Waals surface area (Å²) in [5, 5.41) is 0. The molecule has 1 aromatic rings. The van der Waals surface area contributed by atoms with Gasteiger partial charge >= 0.3 is 5.97 Å². The topological polar surface area (TPSA) is 46.6 Å².